The first-order chi connectivity index (χ1) is 8.54. The molecule has 18 heavy (non-hydrogen) atoms. The molecular formula is C13H16BrClN2O. The van der Waals surface area contributed by atoms with Gasteiger partial charge in [-0.05, 0) is 43.0 Å². The average molecular weight is 332 g/mol. The Labute approximate surface area is 120 Å². The van der Waals surface area contributed by atoms with E-state index < -0.39 is 0 Å². The fourth-order valence-electron chi connectivity index (χ4n) is 2.26. The van der Waals surface area contributed by atoms with Gasteiger partial charge in [0.2, 0.25) is 5.91 Å². The molecule has 0 spiro atoms. The molecule has 1 aliphatic rings. The number of nitrogens with one attached hydrogen (secondary N) is 1. The molecule has 0 bridgehead atoms. The fraction of sp³-hybridized carbons (Fsp3) is 0.462. The van der Waals surface area contributed by atoms with Crippen molar-refractivity contribution in [1.29, 1.82) is 0 Å². The molecule has 0 saturated heterocycles. The molecule has 3 N–H and O–H groups in total. The number of hydrogen-bond donors (Lipinski definition) is 2. The summed E-state index contributed by atoms with van der Waals surface area (Å²) in [5.74, 6) is -0.00984. The third kappa shape index (κ3) is 3.05. The topological polar surface area (TPSA) is 55.1 Å². The minimum absolute atomic E-state index is 0.00984. The first kappa shape index (κ1) is 13.8. The second-order valence-electron chi connectivity index (χ2n) is 4.91. The molecule has 0 radical (unpaired) electrons. The fourth-order valence-corrected chi connectivity index (χ4v) is 2.98. The highest BCUT2D eigenvalue weighted by Crippen LogP contribution is 2.43. The second kappa shape index (κ2) is 5.59. The van der Waals surface area contributed by atoms with Gasteiger partial charge in [0.15, 0.2) is 0 Å². The zero-order chi connectivity index (χ0) is 13.2. The van der Waals surface area contributed by atoms with E-state index >= 15 is 0 Å². The van der Waals surface area contributed by atoms with Gasteiger partial charge in [0, 0.05) is 10.9 Å². The van der Waals surface area contributed by atoms with E-state index in [1.54, 1.807) is 12.1 Å². The summed E-state index contributed by atoms with van der Waals surface area (Å²) in [5, 5.41) is 3.38. The van der Waals surface area contributed by atoms with Crippen LogP contribution in [0.1, 0.15) is 25.7 Å². The van der Waals surface area contributed by atoms with Crippen LogP contribution in [0.15, 0.2) is 22.7 Å². The minimum Gasteiger partial charge on any atom is -0.330 e. The van der Waals surface area contributed by atoms with Crippen molar-refractivity contribution in [3.8, 4) is 0 Å². The van der Waals surface area contributed by atoms with E-state index in [1.807, 2.05) is 6.07 Å². The third-order valence-electron chi connectivity index (χ3n) is 3.59. The Kier molecular flexibility index (Phi) is 4.30. The molecule has 1 aliphatic carbocycles. The Hall–Kier alpha value is -0.580. The van der Waals surface area contributed by atoms with Gasteiger partial charge in [-0.2, -0.15) is 0 Å². The Morgan fingerprint density at radius 2 is 2.22 bits per heavy atom. The summed E-state index contributed by atoms with van der Waals surface area (Å²) in [4.78, 5) is 12.0. The highest BCUT2D eigenvalue weighted by Gasteiger charge is 2.37. The molecule has 1 aromatic carbocycles. The Balaban J connectivity index is 1.98. The molecule has 98 valence electrons. The van der Waals surface area contributed by atoms with Gasteiger partial charge < -0.3 is 11.1 Å². The number of rotatable bonds is 4. The molecular weight excluding hydrogens is 316 g/mol. The van der Waals surface area contributed by atoms with Crippen molar-refractivity contribution in [2.45, 2.75) is 25.7 Å². The summed E-state index contributed by atoms with van der Waals surface area (Å²) in [6.07, 6.45) is 3.75. The monoisotopic (exact) mass is 330 g/mol. The summed E-state index contributed by atoms with van der Waals surface area (Å²) in [5.41, 5.74) is 6.42. The third-order valence-corrected chi connectivity index (χ3v) is 4.39. The Morgan fingerprint density at radius 3 is 2.72 bits per heavy atom. The van der Waals surface area contributed by atoms with Crippen molar-refractivity contribution in [3.63, 3.8) is 0 Å². The molecule has 5 heteroatoms. The van der Waals surface area contributed by atoms with Crippen LogP contribution in [0.2, 0.25) is 5.02 Å². The zero-order valence-electron chi connectivity index (χ0n) is 10.0. The number of nitrogens with two attached hydrogens (primary N) is 1. The van der Waals surface area contributed by atoms with Crippen molar-refractivity contribution >= 4 is 39.1 Å². The molecule has 2 rings (SSSR count). The number of amides is 1. The smallest absolute Gasteiger partial charge is 0.225 e. The van der Waals surface area contributed by atoms with E-state index in [0.717, 1.165) is 17.3 Å². The Morgan fingerprint density at radius 1 is 1.50 bits per heavy atom. The lowest BCUT2D eigenvalue weighted by Gasteiger charge is -2.40. The maximum absolute atomic E-state index is 12.0. The molecule has 3 nitrogen and oxygen atoms in total. The highest BCUT2D eigenvalue weighted by molar-refractivity contribution is 9.10. The van der Waals surface area contributed by atoms with Crippen molar-refractivity contribution < 1.29 is 4.79 Å². The number of halogens is 2. The van der Waals surface area contributed by atoms with Gasteiger partial charge in [0.25, 0.3) is 0 Å². The van der Waals surface area contributed by atoms with Crippen molar-refractivity contribution in [2.75, 3.05) is 11.9 Å². The van der Waals surface area contributed by atoms with E-state index in [4.69, 9.17) is 17.3 Å². The van der Waals surface area contributed by atoms with Crippen LogP contribution >= 0.6 is 27.5 Å². The molecule has 1 aromatic rings. The number of carbonyl (C=O) groups is 1. The summed E-state index contributed by atoms with van der Waals surface area (Å²) >= 11 is 9.39. The maximum atomic E-state index is 12.0. The molecule has 0 heterocycles. The molecule has 1 fully saturated rings. The number of hydrogen-bond acceptors (Lipinski definition) is 2. The SMILES string of the molecule is NCC1(CC(=O)Nc2ccc(Br)cc2Cl)CCC1. The maximum Gasteiger partial charge on any atom is 0.225 e. The van der Waals surface area contributed by atoms with E-state index in [9.17, 15) is 4.79 Å². The average Bonchev–Trinajstić information content (AvgIpc) is 2.27. The largest absolute Gasteiger partial charge is 0.330 e. The lowest BCUT2D eigenvalue weighted by atomic mass is 9.66. The Bertz CT molecular complexity index is 455. The lowest BCUT2D eigenvalue weighted by molar-refractivity contribution is -0.119. The van der Waals surface area contributed by atoms with Crippen LogP contribution < -0.4 is 11.1 Å². The molecule has 0 atom stereocenters. The van der Waals surface area contributed by atoms with Gasteiger partial charge in [0.1, 0.15) is 0 Å². The van der Waals surface area contributed by atoms with Crippen molar-refractivity contribution in [1.82, 2.24) is 0 Å². The molecule has 0 unspecified atom stereocenters. The van der Waals surface area contributed by atoms with E-state index in [2.05, 4.69) is 21.2 Å². The zero-order valence-corrected chi connectivity index (χ0v) is 12.4. The van der Waals surface area contributed by atoms with Gasteiger partial charge in [-0.25, -0.2) is 0 Å². The van der Waals surface area contributed by atoms with Crippen LogP contribution in [0.25, 0.3) is 0 Å². The predicted octanol–water partition coefficient (Wildman–Crippen LogP) is 3.56. The van der Waals surface area contributed by atoms with E-state index in [0.29, 0.717) is 23.7 Å². The first-order valence-corrected chi connectivity index (χ1v) is 7.17. The number of carbonyl (C=O) groups excluding carboxylic acids is 1. The minimum atomic E-state index is -0.00984. The molecule has 0 aromatic heterocycles. The normalized spacial score (nSPS) is 17.1. The summed E-state index contributed by atoms with van der Waals surface area (Å²) in [6.45, 7) is 0.578. The quantitative estimate of drug-likeness (QED) is 0.886. The first-order valence-electron chi connectivity index (χ1n) is 6.00. The van der Waals surface area contributed by atoms with Crippen LogP contribution in [0.4, 0.5) is 5.69 Å². The predicted molar refractivity (Wildman–Crippen MR) is 77.7 cm³/mol. The standard InChI is InChI=1S/C13H16BrClN2O/c14-9-2-3-11(10(15)6-9)17-12(18)7-13(8-16)4-1-5-13/h2-3,6H,1,4-5,7-8,16H2,(H,17,18). The van der Waals surface area contributed by atoms with Gasteiger partial charge in [-0.3, -0.25) is 4.79 Å². The second-order valence-corrected chi connectivity index (χ2v) is 6.23. The number of benzene rings is 1. The highest BCUT2D eigenvalue weighted by atomic mass is 79.9. The van der Waals surface area contributed by atoms with Crippen LogP contribution in [0, 0.1) is 5.41 Å². The van der Waals surface area contributed by atoms with Gasteiger partial charge in [0.05, 0.1) is 10.7 Å². The molecule has 0 aliphatic heterocycles. The van der Waals surface area contributed by atoms with Crippen molar-refractivity contribution in [3.05, 3.63) is 27.7 Å². The van der Waals surface area contributed by atoms with E-state index in [-0.39, 0.29) is 11.3 Å². The van der Waals surface area contributed by atoms with Crippen LogP contribution in [0.3, 0.4) is 0 Å². The van der Waals surface area contributed by atoms with Gasteiger partial charge >= 0.3 is 0 Å². The van der Waals surface area contributed by atoms with Crippen LogP contribution in [0.5, 0.6) is 0 Å². The summed E-state index contributed by atoms with van der Waals surface area (Å²) < 4.78 is 0.892. The van der Waals surface area contributed by atoms with Crippen LogP contribution in [-0.2, 0) is 4.79 Å². The van der Waals surface area contributed by atoms with E-state index in [1.165, 1.54) is 6.42 Å². The summed E-state index contributed by atoms with van der Waals surface area (Å²) in [6, 6.07) is 5.41. The number of anilines is 1. The van der Waals surface area contributed by atoms with Gasteiger partial charge in [-0.15, -0.1) is 0 Å². The molecule has 1 amide bonds. The van der Waals surface area contributed by atoms with Crippen molar-refractivity contribution in [2.24, 2.45) is 11.1 Å². The summed E-state index contributed by atoms with van der Waals surface area (Å²) in [7, 11) is 0. The lowest BCUT2D eigenvalue weighted by Crippen LogP contribution is -2.40. The van der Waals surface area contributed by atoms with Gasteiger partial charge in [-0.1, -0.05) is 34.0 Å². The van der Waals surface area contributed by atoms with Crippen LogP contribution in [-0.4, -0.2) is 12.5 Å². The molecule has 1 saturated carbocycles.